The molecule has 27 heavy (non-hydrogen) atoms. The van der Waals surface area contributed by atoms with Crippen LogP contribution in [0.2, 0.25) is 10.0 Å². The highest BCUT2D eigenvalue weighted by Gasteiger charge is 2.28. The molecule has 1 heterocycles. The van der Waals surface area contributed by atoms with Crippen LogP contribution in [0.15, 0.2) is 46.2 Å². The molecule has 6 nitrogen and oxygen atoms in total. The lowest BCUT2D eigenvalue weighted by atomic mass is 10.2. The van der Waals surface area contributed by atoms with E-state index in [0.29, 0.717) is 13.1 Å². The molecule has 0 aliphatic carbocycles. The van der Waals surface area contributed by atoms with Crippen molar-refractivity contribution in [2.24, 2.45) is 0 Å². The summed E-state index contributed by atoms with van der Waals surface area (Å²) < 4.78 is 54.5. The molecule has 0 amide bonds. The fourth-order valence-corrected chi connectivity index (χ4v) is 6.28. The molecule has 1 N–H and O–H groups in total. The summed E-state index contributed by atoms with van der Waals surface area (Å²) in [5.41, 5.74) is 0.796. The van der Waals surface area contributed by atoms with Gasteiger partial charge in [0.1, 0.15) is 4.90 Å². The Kier molecular flexibility index (Phi) is 5.74. The second-order valence-corrected chi connectivity index (χ2v) is 10.7. The molecule has 1 aliphatic heterocycles. The van der Waals surface area contributed by atoms with Crippen LogP contribution in [0, 0.1) is 6.92 Å². The minimum absolute atomic E-state index is 0.0125. The van der Waals surface area contributed by atoms with Crippen LogP contribution in [0.1, 0.15) is 18.4 Å². The van der Waals surface area contributed by atoms with Gasteiger partial charge in [0.15, 0.2) is 0 Å². The molecule has 0 atom stereocenters. The number of aryl methyl sites for hydroxylation is 1. The Morgan fingerprint density at radius 3 is 2.22 bits per heavy atom. The van der Waals surface area contributed by atoms with E-state index in [4.69, 9.17) is 23.2 Å². The minimum atomic E-state index is -4.04. The van der Waals surface area contributed by atoms with Crippen LogP contribution in [0.5, 0.6) is 0 Å². The number of rotatable bonds is 5. The molecule has 0 radical (unpaired) electrons. The Morgan fingerprint density at radius 1 is 0.926 bits per heavy atom. The monoisotopic (exact) mass is 448 g/mol. The van der Waals surface area contributed by atoms with E-state index in [2.05, 4.69) is 4.72 Å². The molecule has 2 aromatic rings. The molecular formula is C17H18Cl2N2O4S2. The highest BCUT2D eigenvalue weighted by molar-refractivity contribution is 7.93. The number of halogens is 2. The lowest BCUT2D eigenvalue weighted by Gasteiger charge is -2.17. The fraction of sp³-hybridized carbons (Fsp3) is 0.294. The van der Waals surface area contributed by atoms with Crippen LogP contribution < -0.4 is 4.72 Å². The second kappa shape index (κ2) is 7.60. The molecule has 0 saturated carbocycles. The summed E-state index contributed by atoms with van der Waals surface area (Å²) in [6, 6.07) is 8.50. The SMILES string of the molecule is Cc1ccc(S(=O)(=O)Nc2cc(S(=O)(=O)N3CCCC3)ccc2Cl)c(Cl)c1. The van der Waals surface area contributed by atoms with Crippen LogP contribution in [0.25, 0.3) is 0 Å². The Bertz CT molecular complexity index is 1080. The summed E-state index contributed by atoms with van der Waals surface area (Å²) in [6.07, 6.45) is 1.61. The average molecular weight is 449 g/mol. The topological polar surface area (TPSA) is 83.5 Å². The van der Waals surface area contributed by atoms with Crippen molar-refractivity contribution in [3.05, 3.63) is 52.0 Å². The van der Waals surface area contributed by atoms with Gasteiger partial charge >= 0.3 is 0 Å². The van der Waals surface area contributed by atoms with Crippen molar-refractivity contribution in [3.63, 3.8) is 0 Å². The predicted molar refractivity (Wildman–Crippen MR) is 106 cm³/mol. The van der Waals surface area contributed by atoms with Crippen LogP contribution in [0.3, 0.4) is 0 Å². The third-order valence-electron chi connectivity index (χ3n) is 4.26. The van der Waals surface area contributed by atoms with Crippen molar-refractivity contribution in [1.82, 2.24) is 4.31 Å². The number of nitrogens with one attached hydrogen (secondary N) is 1. The largest absolute Gasteiger partial charge is 0.278 e. The van der Waals surface area contributed by atoms with E-state index < -0.39 is 20.0 Å². The van der Waals surface area contributed by atoms with E-state index in [-0.39, 0.29) is 25.5 Å². The Balaban J connectivity index is 1.97. The maximum absolute atomic E-state index is 12.7. The molecule has 3 rings (SSSR count). The first-order valence-corrected chi connectivity index (χ1v) is 11.9. The molecule has 1 fully saturated rings. The lowest BCUT2D eigenvalue weighted by Crippen LogP contribution is -2.28. The van der Waals surface area contributed by atoms with Crippen LogP contribution in [0.4, 0.5) is 5.69 Å². The average Bonchev–Trinajstić information content (AvgIpc) is 3.11. The summed E-state index contributed by atoms with van der Waals surface area (Å²) in [7, 11) is -7.74. The zero-order valence-corrected chi connectivity index (χ0v) is 17.6. The van der Waals surface area contributed by atoms with E-state index in [1.54, 1.807) is 13.0 Å². The summed E-state index contributed by atoms with van der Waals surface area (Å²) in [5, 5.41) is 0.154. The number of hydrogen-bond acceptors (Lipinski definition) is 4. The van der Waals surface area contributed by atoms with Gasteiger partial charge in [-0.05, 0) is 55.7 Å². The molecule has 10 heteroatoms. The van der Waals surface area contributed by atoms with E-state index in [0.717, 1.165) is 18.4 Å². The number of anilines is 1. The van der Waals surface area contributed by atoms with Gasteiger partial charge in [0.25, 0.3) is 10.0 Å². The van der Waals surface area contributed by atoms with Gasteiger partial charge in [-0.15, -0.1) is 0 Å². The zero-order chi connectivity index (χ0) is 19.8. The maximum Gasteiger partial charge on any atom is 0.263 e. The molecule has 1 saturated heterocycles. The normalized spacial score (nSPS) is 15.8. The predicted octanol–water partition coefficient (Wildman–Crippen LogP) is 3.89. The van der Waals surface area contributed by atoms with Gasteiger partial charge in [-0.2, -0.15) is 4.31 Å². The highest BCUT2D eigenvalue weighted by Crippen LogP contribution is 2.31. The maximum atomic E-state index is 12.7. The van der Waals surface area contributed by atoms with Gasteiger partial charge in [0.2, 0.25) is 10.0 Å². The second-order valence-electron chi connectivity index (χ2n) is 6.29. The Labute approximate surface area is 169 Å². The van der Waals surface area contributed by atoms with Crippen molar-refractivity contribution in [3.8, 4) is 0 Å². The van der Waals surface area contributed by atoms with Crippen molar-refractivity contribution in [1.29, 1.82) is 0 Å². The number of benzene rings is 2. The van der Waals surface area contributed by atoms with E-state index in [1.165, 1.54) is 34.6 Å². The van der Waals surface area contributed by atoms with Crippen molar-refractivity contribution in [2.75, 3.05) is 17.8 Å². The van der Waals surface area contributed by atoms with Crippen LogP contribution in [-0.2, 0) is 20.0 Å². The Morgan fingerprint density at radius 2 is 1.59 bits per heavy atom. The molecular weight excluding hydrogens is 431 g/mol. The van der Waals surface area contributed by atoms with E-state index in [9.17, 15) is 16.8 Å². The third kappa shape index (κ3) is 4.25. The summed E-state index contributed by atoms with van der Waals surface area (Å²) in [4.78, 5) is -0.125. The van der Waals surface area contributed by atoms with Crippen LogP contribution in [-0.4, -0.2) is 34.2 Å². The Hall–Kier alpha value is -1.32. The highest BCUT2D eigenvalue weighted by atomic mass is 35.5. The fourth-order valence-electron chi connectivity index (χ4n) is 2.84. The molecule has 0 aromatic heterocycles. The molecule has 0 spiro atoms. The van der Waals surface area contributed by atoms with Crippen molar-refractivity contribution < 1.29 is 16.8 Å². The van der Waals surface area contributed by atoms with Gasteiger partial charge in [-0.3, -0.25) is 4.72 Å². The summed E-state index contributed by atoms with van der Waals surface area (Å²) in [6.45, 7) is 2.69. The lowest BCUT2D eigenvalue weighted by molar-refractivity contribution is 0.477. The first-order valence-electron chi connectivity index (χ1n) is 8.20. The number of hydrogen-bond donors (Lipinski definition) is 1. The smallest absolute Gasteiger partial charge is 0.263 e. The van der Waals surface area contributed by atoms with E-state index >= 15 is 0 Å². The van der Waals surface area contributed by atoms with Gasteiger partial charge in [-0.25, -0.2) is 16.8 Å². The first-order chi connectivity index (χ1) is 12.6. The van der Waals surface area contributed by atoms with E-state index in [1.807, 2.05) is 0 Å². The minimum Gasteiger partial charge on any atom is -0.278 e. The number of nitrogens with zero attached hydrogens (tertiary/aromatic N) is 1. The standard InChI is InChI=1S/C17H18Cl2N2O4S2/c1-12-4-7-17(15(19)10-12)26(22,23)20-16-11-13(5-6-14(16)18)27(24,25)21-8-2-3-9-21/h4-7,10-11,20H,2-3,8-9H2,1H3. The quantitative estimate of drug-likeness (QED) is 0.751. The van der Waals surface area contributed by atoms with Gasteiger partial charge in [0.05, 0.1) is 20.6 Å². The molecule has 0 bridgehead atoms. The van der Waals surface area contributed by atoms with Crippen LogP contribution >= 0.6 is 23.2 Å². The van der Waals surface area contributed by atoms with Gasteiger partial charge < -0.3 is 0 Å². The van der Waals surface area contributed by atoms with Gasteiger partial charge in [-0.1, -0.05) is 29.3 Å². The summed E-state index contributed by atoms with van der Waals surface area (Å²) in [5.74, 6) is 0. The molecule has 0 unspecified atom stereocenters. The third-order valence-corrected chi connectivity index (χ3v) is 8.33. The number of sulfonamides is 2. The summed E-state index contributed by atoms with van der Waals surface area (Å²) >= 11 is 12.2. The molecule has 1 aliphatic rings. The van der Waals surface area contributed by atoms with Crippen molar-refractivity contribution >= 4 is 48.9 Å². The van der Waals surface area contributed by atoms with Gasteiger partial charge in [0, 0.05) is 13.1 Å². The van der Waals surface area contributed by atoms with Crippen molar-refractivity contribution in [2.45, 2.75) is 29.6 Å². The first kappa shape index (κ1) is 20.4. The molecule has 2 aromatic carbocycles. The molecule has 146 valence electrons. The zero-order valence-electron chi connectivity index (χ0n) is 14.4.